The van der Waals surface area contributed by atoms with E-state index in [0.717, 1.165) is 22.2 Å². The van der Waals surface area contributed by atoms with E-state index in [1.165, 1.54) is 0 Å². The van der Waals surface area contributed by atoms with Crippen LogP contribution < -0.4 is 3.79 Å². The largest absolute Gasteiger partial charge is 0.652 e. The zero-order chi connectivity index (χ0) is 9.97. The molecule has 0 atom stereocenters. The molecule has 3 heteroatoms. The molecule has 1 heterocycles. The summed E-state index contributed by atoms with van der Waals surface area (Å²) < 4.78 is 5.18. The van der Waals surface area contributed by atoms with E-state index in [1.807, 2.05) is 24.3 Å². The van der Waals surface area contributed by atoms with E-state index in [9.17, 15) is 0 Å². The van der Waals surface area contributed by atoms with E-state index < -0.39 is 0 Å². The minimum atomic E-state index is 0.753. The van der Waals surface area contributed by atoms with Gasteiger partial charge in [0.15, 0.2) is 0 Å². The van der Waals surface area contributed by atoms with Gasteiger partial charge in [-0.05, 0) is 23.8 Å². The van der Waals surface area contributed by atoms with Crippen LogP contribution in [0.25, 0.3) is 17.0 Å². The lowest BCUT2D eigenvalue weighted by Gasteiger charge is -2.07. The van der Waals surface area contributed by atoms with E-state index in [0.29, 0.717) is 0 Å². The number of benzene rings is 1. The highest BCUT2D eigenvalue weighted by Gasteiger charge is 2.01. The third kappa shape index (κ3) is 1.53. The van der Waals surface area contributed by atoms with Crippen molar-refractivity contribution >= 4 is 33.6 Å². The van der Waals surface area contributed by atoms with Crippen LogP contribution in [0.2, 0.25) is 0 Å². The highest BCUT2D eigenvalue weighted by atomic mass is 27.1. The highest BCUT2D eigenvalue weighted by Crippen LogP contribution is 2.25. The molecule has 66 valence electrons. The van der Waals surface area contributed by atoms with Crippen LogP contribution in [-0.2, 0) is 0 Å². The fraction of sp³-hybridized carbons (Fsp3) is 0. The summed E-state index contributed by atoms with van der Waals surface area (Å²) in [5.74, 6) is 0.753. The SMILES string of the molecule is C=Cc1cc([O][Al])c2ncccc2c1. The fourth-order valence-corrected chi connectivity index (χ4v) is 1.57. The summed E-state index contributed by atoms with van der Waals surface area (Å²) in [6.45, 7) is 3.73. The number of pyridine rings is 1. The van der Waals surface area contributed by atoms with Gasteiger partial charge in [-0.15, -0.1) is 0 Å². The lowest BCUT2D eigenvalue weighted by molar-refractivity contribution is 0.622. The summed E-state index contributed by atoms with van der Waals surface area (Å²) in [5.41, 5.74) is 1.90. The molecule has 1 aromatic heterocycles. The number of hydrogen-bond acceptors (Lipinski definition) is 2. The molecular formula is C11H8AlNO. The second kappa shape index (κ2) is 3.83. The summed E-state index contributed by atoms with van der Waals surface area (Å²) in [6, 6.07) is 7.85. The molecule has 0 saturated carbocycles. The Morgan fingerprint density at radius 3 is 3.00 bits per heavy atom. The molecule has 0 aliphatic rings. The zero-order valence-corrected chi connectivity index (χ0v) is 8.76. The average Bonchev–Trinajstić information content (AvgIpc) is 2.27. The summed E-state index contributed by atoms with van der Waals surface area (Å²) >= 11 is 2.24. The lowest BCUT2D eigenvalue weighted by atomic mass is 10.1. The molecule has 2 aromatic rings. The van der Waals surface area contributed by atoms with Crippen molar-refractivity contribution < 1.29 is 3.79 Å². The molecule has 0 saturated heterocycles. The maximum absolute atomic E-state index is 5.18. The van der Waals surface area contributed by atoms with Crippen molar-refractivity contribution in [3.05, 3.63) is 42.6 Å². The van der Waals surface area contributed by atoms with E-state index in [1.54, 1.807) is 12.3 Å². The van der Waals surface area contributed by atoms with E-state index in [-0.39, 0.29) is 0 Å². The van der Waals surface area contributed by atoms with Crippen LogP contribution in [0.1, 0.15) is 5.56 Å². The Bertz CT molecular complexity index is 482. The second-order valence-electron chi connectivity index (χ2n) is 2.92. The van der Waals surface area contributed by atoms with Crippen molar-refractivity contribution in [3.8, 4) is 5.75 Å². The van der Waals surface area contributed by atoms with Crippen molar-refractivity contribution in [1.29, 1.82) is 0 Å². The van der Waals surface area contributed by atoms with Crippen LogP contribution >= 0.6 is 0 Å². The van der Waals surface area contributed by atoms with Crippen LogP contribution in [-0.4, -0.2) is 21.6 Å². The van der Waals surface area contributed by atoms with Gasteiger partial charge in [0, 0.05) is 11.6 Å². The Kier molecular flexibility index (Phi) is 2.54. The van der Waals surface area contributed by atoms with Gasteiger partial charge < -0.3 is 3.79 Å². The molecule has 0 aliphatic heterocycles. The molecule has 0 aliphatic carbocycles. The minimum absolute atomic E-state index is 0.753. The van der Waals surface area contributed by atoms with Gasteiger partial charge in [0.2, 0.25) is 0 Å². The maximum atomic E-state index is 5.18. The third-order valence-electron chi connectivity index (χ3n) is 2.05. The number of nitrogens with zero attached hydrogens (tertiary/aromatic N) is 1. The van der Waals surface area contributed by atoms with Crippen LogP contribution in [0, 0.1) is 0 Å². The zero-order valence-electron chi connectivity index (χ0n) is 7.60. The van der Waals surface area contributed by atoms with Gasteiger partial charge in [0.25, 0.3) is 0 Å². The Morgan fingerprint density at radius 1 is 1.43 bits per heavy atom. The van der Waals surface area contributed by atoms with Crippen molar-refractivity contribution in [2.24, 2.45) is 0 Å². The first-order valence-electron chi connectivity index (χ1n) is 4.23. The molecular weight excluding hydrogens is 189 g/mol. The maximum Gasteiger partial charge on any atom is 0.482 e. The van der Waals surface area contributed by atoms with Crippen LogP contribution in [0.15, 0.2) is 37.0 Å². The Morgan fingerprint density at radius 2 is 2.29 bits per heavy atom. The molecule has 0 bridgehead atoms. The molecule has 1 aromatic carbocycles. The molecule has 2 radical (unpaired) electrons. The van der Waals surface area contributed by atoms with Gasteiger partial charge in [-0.1, -0.05) is 18.7 Å². The number of aromatic nitrogens is 1. The average molecular weight is 197 g/mol. The fourth-order valence-electron chi connectivity index (χ4n) is 1.39. The standard InChI is InChI=1S/C11H9NO.Al/c1-2-8-6-9-4-3-5-12-11(9)10(13)7-8;/h2-7,13H,1H2;/q;+1/p-1. The van der Waals surface area contributed by atoms with E-state index >= 15 is 0 Å². The van der Waals surface area contributed by atoms with Crippen molar-refractivity contribution in [3.63, 3.8) is 0 Å². The van der Waals surface area contributed by atoms with Crippen molar-refractivity contribution in [1.82, 2.24) is 4.98 Å². The van der Waals surface area contributed by atoms with Gasteiger partial charge in [-0.2, -0.15) is 0 Å². The highest BCUT2D eigenvalue weighted by molar-refractivity contribution is 6.02. The summed E-state index contributed by atoms with van der Waals surface area (Å²) in [7, 11) is 0. The van der Waals surface area contributed by atoms with E-state index in [2.05, 4.69) is 28.2 Å². The smallest absolute Gasteiger partial charge is 0.482 e. The molecule has 2 rings (SSSR count). The van der Waals surface area contributed by atoms with Gasteiger partial charge in [0.05, 0.1) is 0 Å². The first-order valence-corrected chi connectivity index (χ1v) is 4.70. The van der Waals surface area contributed by atoms with Gasteiger partial charge in [-0.3, -0.25) is 4.98 Å². The van der Waals surface area contributed by atoms with Crippen molar-refractivity contribution in [2.45, 2.75) is 0 Å². The van der Waals surface area contributed by atoms with Crippen LogP contribution in [0.3, 0.4) is 0 Å². The van der Waals surface area contributed by atoms with Crippen LogP contribution in [0.4, 0.5) is 0 Å². The second-order valence-corrected chi connectivity index (χ2v) is 3.15. The van der Waals surface area contributed by atoms with Crippen molar-refractivity contribution in [2.75, 3.05) is 0 Å². The predicted octanol–water partition coefficient (Wildman–Crippen LogP) is 2.34. The summed E-state index contributed by atoms with van der Waals surface area (Å²) in [4.78, 5) is 4.25. The summed E-state index contributed by atoms with van der Waals surface area (Å²) in [5, 5.41) is 1.06. The molecule has 0 amide bonds. The summed E-state index contributed by atoms with van der Waals surface area (Å²) in [6.07, 6.45) is 3.54. The Balaban J connectivity index is 2.79. The Hall–Kier alpha value is -1.30. The normalized spacial score (nSPS) is 10.0. The first kappa shape index (κ1) is 9.26. The molecule has 14 heavy (non-hydrogen) atoms. The van der Waals surface area contributed by atoms with E-state index in [4.69, 9.17) is 3.79 Å². The molecule has 0 spiro atoms. The predicted molar refractivity (Wildman–Crippen MR) is 58.2 cm³/mol. The number of hydrogen-bond donors (Lipinski definition) is 0. The van der Waals surface area contributed by atoms with Crippen LogP contribution in [0.5, 0.6) is 5.75 Å². The monoisotopic (exact) mass is 197 g/mol. The minimum Gasteiger partial charge on any atom is -0.652 e. The quantitative estimate of drug-likeness (QED) is 0.689. The lowest BCUT2D eigenvalue weighted by Crippen LogP contribution is -1.89. The third-order valence-corrected chi connectivity index (χ3v) is 2.31. The molecule has 0 fully saturated rings. The van der Waals surface area contributed by atoms with Gasteiger partial charge in [-0.25, -0.2) is 0 Å². The number of fused-ring (bicyclic) bond motifs is 1. The first-order chi connectivity index (χ1) is 6.85. The van der Waals surface area contributed by atoms with Gasteiger partial charge >= 0.3 is 16.6 Å². The Labute approximate surface area is 91.0 Å². The molecule has 0 unspecified atom stereocenters. The topological polar surface area (TPSA) is 22.1 Å². The van der Waals surface area contributed by atoms with Gasteiger partial charge in [0.1, 0.15) is 11.3 Å². The number of rotatable bonds is 2. The molecule has 0 N–H and O–H groups in total. The molecule has 2 nitrogen and oxygen atoms in total.